The van der Waals surface area contributed by atoms with Gasteiger partial charge in [-0.25, -0.2) is 0 Å². The van der Waals surface area contributed by atoms with Gasteiger partial charge in [-0.1, -0.05) is 79.2 Å². The van der Waals surface area contributed by atoms with E-state index in [2.05, 4.69) is 5.32 Å². The minimum atomic E-state index is -0.806. The molecule has 1 fully saturated rings. The van der Waals surface area contributed by atoms with Gasteiger partial charge in [0.1, 0.15) is 0 Å². The molecule has 3 aromatic rings. The largest absolute Gasteiger partial charge is 0.481 e. The van der Waals surface area contributed by atoms with E-state index in [9.17, 15) is 19.8 Å². The number of aliphatic hydroxyl groups is 2. The lowest BCUT2D eigenvalue weighted by molar-refractivity contribution is -0.245. The standard InChI is InChI=1S/C34H41NO7S/c36-18-19-43-23-29-20-31(26-12-10-24(22-37)11-13-26)42-34(41-29)27-16-14-25(15-17-27)30-7-5-4-6-28(30)21-35-32(38)8-2-1-3-9-33(39)40/h4-7,10-17,29,31,34,36-37H,1-3,8-9,18-23H2,(H,35,38)(H,39,40)/t29-,31+,34+/m0/s1. The lowest BCUT2D eigenvalue weighted by Crippen LogP contribution is -2.31. The highest BCUT2D eigenvalue weighted by atomic mass is 32.2. The van der Waals surface area contributed by atoms with Crippen LogP contribution in [0.4, 0.5) is 0 Å². The Hall–Kier alpha value is -3.21. The number of aliphatic hydroxyl groups excluding tert-OH is 2. The Bertz CT molecular complexity index is 1300. The van der Waals surface area contributed by atoms with Crippen LogP contribution in [0.2, 0.25) is 0 Å². The van der Waals surface area contributed by atoms with Crippen LogP contribution in [0.3, 0.4) is 0 Å². The number of thioether (sulfide) groups is 1. The van der Waals surface area contributed by atoms with Crippen molar-refractivity contribution in [3.05, 3.63) is 95.1 Å². The predicted octanol–water partition coefficient (Wildman–Crippen LogP) is 5.77. The molecule has 0 bridgehead atoms. The van der Waals surface area contributed by atoms with Crippen LogP contribution in [0, 0.1) is 0 Å². The summed E-state index contributed by atoms with van der Waals surface area (Å²) in [6.07, 6.45) is 2.44. The van der Waals surface area contributed by atoms with E-state index in [1.807, 2.05) is 72.8 Å². The Labute approximate surface area is 257 Å². The van der Waals surface area contributed by atoms with Crippen molar-refractivity contribution in [2.75, 3.05) is 18.1 Å². The number of carboxylic acids is 1. The van der Waals surface area contributed by atoms with Crippen molar-refractivity contribution in [1.29, 1.82) is 0 Å². The molecule has 43 heavy (non-hydrogen) atoms. The summed E-state index contributed by atoms with van der Waals surface area (Å²) in [4.78, 5) is 23.0. The van der Waals surface area contributed by atoms with Gasteiger partial charge in [-0.05, 0) is 40.7 Å². The number of carboxylic acid groups (broad SMARTS) is 1. The number of rotatable bonds is 16. The smallest absolute Gasteiger partial charge is 0.303 e. The maximum Gasteiger partial charge on any atom is 0.303 e. The molecule has 0 saturated carbocycles. The number of amides is 1. The summed E-state index contributed by atoms with van der Waals surface area (Å²) in [5.41, 5.74) is 5.85. The fraction of sp³-hybridized carbons (Fsp3) is 0.412. The van der Waals surface area contributed by atoms with Crippen molar-refractivity contribution < 1.29 is 34.4 Å². The molecule has 1 heterocycles. The SMILES string of the molecule is O=C(O)CCCCCC(=O)NCc1ccccc1-c1ccc([C@@H]2O[C@H](CSCCO)C[C@H](c3ccc(CO)cc3)O2)cc1. The molecular formula is C34H41NO7S. The first-order valence-electron chi connectivity index (χ1n) is 14.8. The predicted molar refractivity (Wildman–Crippen MR) is 167 cm³/mol. The molecule has 1 aliphatic heterocycles. The van der Waals surface area contributed by atoms with Crippen LogP contribution in [0.5, 0.6) is 0 Å². The molecule has 4 rings (SSSR count). The van der Waals surface area contributed by atoms with Crippen molar-refractivity contribution >= 4 is 23.6 Å². The van der Waals surface area contributed by atoms with E-state index in [0.29, 0.717) is 38.0 Å². The average Bonchev–Trinajstić information content (AvgIpc) is 3.04. The molecular weight excluding hydrogens is 566 g/mol. The molecule has 0 aromatic heterocycles. The van der Waals surface area contributed by atoms with Crippen LogP contribution in [0.1, 0.15) is 73.2 Å². The van der Waals surface area contributed by atoms with Gasteiger partial charge in [-0.3, -0.25) is 9.59 Å². The van der Waals surface area contributed by atoms with Crippen molar-refractivity contribution in [3.8, 4) is 11.1 Å². The van der Waals surface area contributed by atoms with Crippen LogP contribution in [-0.2, 0) is 32.2 Å². The van der Waals surface area contributed by atoms with Crippen LogP contribution in [0.15, 0.2) is 72.8 Å². The molecule has 1 amide bonds. The third-order valence-corrected chi connectivity index (χ3v) is 8.51. The second-order valence-electron chi connectivity index (χ2n) is 10.7. The van der Waals surface area contributed by atoms with Gasteiger partial charge in [0.05, 0.1) is 25.4 Å². The first-order valence-corrected chi connectivity index (χ1v) is 16.0. The van der Waals surface area contributed by atoms with Crippen LogP contribution in [0.25, 0.3) is 11.1 Å². The molecule has 9 heteroatoms. The van der Waals surface area contributed by atoms with E-state index in [-0.39, 0.29) is 37.7 Å². The number of hydrogen-bond acceptors (Lipinski definition) is 7. The number of unbranched alkanes of at least 4 members (excludes halogenated alkanes) is 2. The van der Waals surface area contributed by atoms with E-state index in [0.717, 1.165) is 45.6 Å². The second kappa shape index (κ2) is 17.2. The van der Waals surface area contributed by atoms with Crippen LogP contribution < -0.4 is 5.32 Å². The Kier molecular flexibility index (Phi) is 13.1. The highest BCUT2D eigenvalue weighted by Gasteiger charge is 2.32. The molecule has 8 nitrogen and oxygen atoms in total. The van der Waals surface area contributed by atoms with Gasteiger partial charge in [-0.2, -0.15) is 11.8 Å². The van der Waals surface area contributed by atoms with Gasteiger partial charge < -0.3 is 30.1 Å². The Balaban J connectivity index is 1.41. The lowest BCUT2D eigenvalue weighted by atomic mass is 9.97. The fourth-order valence-corrected chi connectivity index (χ4v) is 5.87. The lowest BCUT2D eigenvalue weighted by Gasteiger charge is -2.36. The summed E-state index contributed by atoms with van der Waals surface area (Å²) in [7, 11) is 0. The third-order valence-electron chi connectivity index (χ3n) is 7.44. The quantitative estimate of drug-likeness (QED) is 0.151. The number of ether oxygens (including phenoxy) is 2. The minimum Gasteiger partial charge on any atom is -0.481 e. The summed E-state index contributed by atoms with van der Waals surface area (Å²) in [5, 5.41) is 30.4. The second-order valence-corrected chi connectivity index (χ2v) is 11.8. The van der Waals surface area contributed by atoms with Crippen LogP contribution >= 0.6 is 11.8 Å². The molecule has 3 atom stereocenters. The Morgan fingerprint density at radius 1 is 0.860 bits per heavy atom. The van der Waals surface area contributed by atoms with Gasteiger partial charge in [-0.15, -0.1) is 0 Å². The molecule has 230 valence electrons. The fourth-order valence-electron chi connectivity index (χ4n) is 5.10. The number of aliphatic carboxylic acids is 1. The summed E-state index contributed by atoms with van der Waals surface area (Å²) >= 11 is 1.66. The molecule has 1 saturated heterocycles. The summed E-state index contributed by atoms with van der Waals surface area (Å²) < 4.78 is 12.8. The van der Waals surface area contributed by atoms with Gasteiger partial charge in [0, 0.05) is 42.9 Å². The Morgan fingerprint density at radius 2 is 1.58 bits per heavy atom. The molecule has 0 aliphatic carbocycles. The van der Waals surface area contributed by atoms with Crippen molar-refractivity contribution in [2.24, 2.45) is 0 Å². The average molecular weight is 608 g/mol. The maximum atomic E-state index is 12.4. The molecule has 0 unspecified atom stereocenters. The summed E-state index contributed by atoms with van der Waals surface area (Å²) in [6.45, 7) is 0.533. The van der Waals surface area contributed by atoms with E-state index in [4.69, 9.17) is 14.6 Å². The third kappa shape index (κ3) is 10.2. The summed E-state index contributed by atoms with van der Waals surface area (Å²) in [5.74, 6) is 0.562. The number of benzene rings is 3. The zero-order chi connectivity index (χ0) is 30.4. The molecule has 3 aromatic carbocycles. The first kappa shape index (κ1) is 32.7. The van der Waals surface area contributed by atoms with Crippen molar-refractivity contribution in [1.82, 2.24) is 5.32 Å². The van der Waals surface area contributed by atoms with Gasteiger partial charge >= 0.3 is 5.97 Å². The van der Waals surface area contributed by atoms with E-state index < -0.39 is 12.3 Å². The van der Waals surface area contributed by atoms with Gasteiger partial charge in [0.15, 0.2) is 6.29 Å². The van der Waals surface area contributed by atoms with E-state index >= 15 is 0 Å². The van der Waals surface area contributed by atoms with Gasteiger partial charge in [0.25, 0.3) is 0 Å². The number of hydrogen-bond donors (Lipinski definition) is 4. The number of carbonyl (C=O) groups excluding carboxylic acids is 1. The topological polar surface area (TPSA) is 125 Å². The zero-order valence-corrected chi connectivity index (χ0v) is 25.1. The van der Waals surface area contributed by atoms with E-state index in [1.54, 1.807) is 11.8 Å². The minimum absolute atomic E-state index is 0.00397. The van der Waals surface area contributed by atoms with Gasteiger partial charge in [0.2, 0.25) is 5.91 Å². The van der Waals surface area contributed by atoms with Crippen molar-refractivity contribution in [2.45, 2.75) is 70.2 Å². The maximum absolute atomic E-state index is 12.4. The van der Waals surface area contributed by atoms with Crippen LogP contribution in [-0.4, -0.2) is 51.4 Å². The Morgan fingerprint density at radius 3 is 2.30 bits per heavy atom. The number of carbonyl (C=O) groups is 2. The molecule has 0 radical (unpaired) electrons. The highest BCUT2D eigenvalue weighted by Crippen LogP contribution is 2.39. The monoisotopic (exact) mass is 607 g/mol. The summed E-state index contributed by atoms with van der Waals surface area (Å²) in [6, 6.07) is 23.9. The molecule has 1 aliphatic rings. The van der Waals surface area contributed by atoms with Crippen molar-refractivity contribution in [3.63, 3.8) is 0 Å². The zero-order valence-electron chi connectivity index (χ0n) is 24.3. The number of nitrogens with one attached hydrogen (secondary N) is 1. The normalized spacial score (nSPS) is 18.3. The van der Waals surface area contributed by atoms with E-state index in [1.165, 1.54) is 0 Å². The highest BCUT2D eigenvalue weighted by molar-refractivity contribution is 7.99. The molecule has 4 N–H and O–H groups in total. The molecule has 0 spiro atoms. The first-order chi connectivity index (χ1) is 21.0.